The summed E-state index contributed by atoms with van der Waals surface area (Å²) in [6, 6.07) is 9.20. The summed E-state index contributed by atoms with van der Waals surface area (Å²) in [6.45, 7) is 14.0. The van der Waals surface area contributed by atoms with Crippen molar-refractivity contribution in [3.05, 3.63) is 42.1 Å². The van der Waals surface area contributed by atoms with Crippen LogP contribution in [0, 0.1) is 0 Å². The van der Waals surface area contributed by atoms with Gasteiger partial charge in [0.05, 0.1) is 18.5 Å². The third-order valence-corrected chi connectivity index (χ3v) is 7.39. The maximum Gasteiger partial charge on any atom is 0.420 e. The Morgan fingerprint density at radius 3 is 2.39 bits per heavy atom. The van der Waals surface area contributed by atoms with Crippen LogP contribution >= 0.6 is 0 Å². The molecule has 0 bridgehead atoms. The summed E-state index contributed by atoms with van der Waals surface area (Å²) in [5, 5.41) is 4.57. The Hall–Kier alpha value is -4.06. The molecular formula is C32H44N6O6. The molecule has 12 nitrogen and oxygen atoms in total. The fourth-order valence-corrected chi connectivity index (χ4v) is 5.59. The van der Waals surface area contributed by atoms with Gasteiger partial charge in [-0.2, -0.15) is 9.61 Å². The monoisotopic (exact) mass is 608 g/mol. The first-order valence-electron chi connectivity index (χ1n) is 15.2. The van der Waals surface area contributed by atoms with Gasteiger partial charge >= 0.3 is 12.2 Å². The summed E-state index contributed by atoms with van der Waals surface area (Å²) in [6.07, 6.45) is 3.28. The number of likely N-dealkylation sites (tertiary alicyclic amines) is 1. The van der Waals surface area contributed by atoms with Crippen molar-refractivity contribution in [1.29, 1.82) is 0 Å². The predicted octanol–water partition coefficient (Wildman–Crippen LogP) is 5.59. The van der Waals surface area contributed by atoms with Crippen molar-refractivity contribution in [2.75, 3.05) is 49.8 Å². The third kappa shape index (κ3) is 7.01. The zero-order valence-electron chi connectivity index (χ0n) is 26.8. The zero-order chi connectivity index (χ0) is 31.6. The highest BCUT2D eigenvalue weighted by molar-refractivity contribution is 5.97. The number of aromatic nitrogens is 3. The van der Waals surface area contributed by atoms with Gasteiger partial charge in [0.2, 0.25) is 0 Å². The summed E-state index contributed by atoms with van der Waals surface area (Å²) in [7, 11) is 1.63. The van der Waals surface area contributed by atoms with Crippen molar-refractivity contribution in [3.63, 3.8) is 0 Å². The van der Waals surface area contributed by atoms with Crippen molar-refractivity contribution >= 4 is 35.2 Å². The van der Waals surface area contributed by atoms with Crippen LogP contribution in [0.2, 0.25) is 0 Å². The number of hydrogen-bond acceptors (Lipinski definition) is 9. The lowest BCUT2D eigenvalue weighted by molar-refractivity contribution is 0.0198. The molecule has 2 aromatic heterocycles. The van der Waals surface area contributed by atoms with Gasteiger partial charge in [-0.15, -0.1) is 0 Å². The highest BCUT2D eigenvalue weighted by Gasteiger charge is 2.38. The number of anilines is 3. The quantitative estimate of drug-likeness (QED) is 0.317. The highest BCUT2D eigenvalue weighted by Crippen LogP contribution is 2.40. The SMILES string of the molecule is COCCOc1ccc(N(C(=O)OC(C)(C)C)c2c3c(nc4ccnn24)N([C@H]2CCCN(C(=O)OC(C)(C)C)C2)CC3)cc1. The lowest BCUT2D eigenvalue weighted by atomic mass is 10.0. The number of fused-ring (bicyclic) bond motifs is 2. The van der Waals surface area contributed by atoms with Crippen LogP contribution in [0.4, 0.5) is 26.9 Å². The number of rotatable bonds is 7. The summed E-state index contributed by atoms with van der Waals surface area (Å²) >= 11 is 0. The fraction of sp³-hybridized carbons (Fsp3) is 0.562. The molecule has 3 aromatic rings. The summed E-state index contributed by atoms with van der Waals surface area (Å²) < 4.78 is 24.2. The van der Waals surface area contributed by atoms with Crippen LogP contribution in [0.15, 0.2) is 36.5 Å². The number of piperidine rings is 1. The van der Waals surface area contributed by atoms with Crippen molar-refractivity contribution in [2.45, 2.75) is 78.0 Å². The second kappa shape index (κ2) is 12.5. The number of ether oxygens (including phenoxy) is 4. The van der Waals surface area contributed by atoms with E-state index in [9.17, 15) is 9.59 Å². The summed E-state index contributed by atoms with van der Waals surface area (Å²) in [4.78, 5) is 37.5. The Labute approximate surface area is 258 Å². The topological polar surface area (TPSA) is 111 Å². The Kier molecular flexibility index (Phi) is 8.92. The minimum Gasteiger partial charge on any atom is -0.491 e. The maximum atomic E-state index is 14.0. The average Bonchev–Trinajstić information content (AvgIpc) is 3.59. The molecule has 2 aliphatic heterocycles. The molecule has 0 radical (unpaired) electrons. The minimum atomic E-state index is -0.725. The van der Waals surface area contributed by atoms with E-state index in [2.05, 4.69) is 10.00 Å². The zero-order valence-corrected chi connectivity index (χ0v) is 26.8. The molecule has 44 heavy (non-hydrogen) atoms. The molecule has 2 amide bonds. The van der Waals surface area contributed by atoms with Gasteiger partial charge in [0.1, 0.15) is 29.4 Å². The van der Waals surface area contributed by atoms with Gasteiger partial charge in [-0.1, -0.05) is 0 Å². The number of benzene rings is 1. The Balaban J connectivity index is 1.53. The summed E-state index contributed by atoms with van der Waals surface area (Å²) in [5.41, 5.74) is 0.821. The van der Waals surface area contributed by atoms with Crippen LogP contribution in [0.5, 0.6) is 5.75 Å². The molecule has 1 saturated heterocycles. The van der Waals surface area contributed by atoms with E-state index in [4.69, 9.17) is 23.9 Å². The molecule has 1 fully saturated rings. The molecule has 12 heteroatoms. The van der Waals surface area contributed by atoms with Gasteiger partial charge in [-0.05, 0) is 85.1 Å². The Morgan fingerprint density at radius 2 is 1.70 bits per heavy atom. The highest BCUT2D eigenvalue weighted by atomic mass is 16.6. The lowest BCUT2D eigenvalue weighted by Gasteiger charge is -2.39. The van der Waals surface area contributed by atoms with E-state index in [-0.39, 0.29) is 12.1 Å². The average molecular weight is 609 g/mol. The van der Waals surface area contributed by atoms with E-state index in [1.54, 1.807) is 27.6 Å². The van der Waals surface area contributed by atoms with Gasteiger partial charge in [-0.3, -0.25) is 0 Å². The molecule has 1 atom stereocenters. The van der Waals surface area contributed by atoms with E-state index in [1.165, 1.54) is 0 Å². The van der Waals surface area contributed by atoms with Crippen molar-refractivity contribution < 1.29 is 28.5 Å². The molecule has 0 spiro atoms. The predicted molar refractivity (Wildman–Crippen MR) is 167 cm³/mol. The Morgan fingerprint density at radius 1 is 0.977 bits per heavy atom. The molecule has 238 valence electrons. The van der Waals surface area contributed by atoms with Gasteiger partial charge < -0.3 is 28.7 Å². The summed E-state index contributed by atoms with van der Waals surface area (Å²) in [5.74, 6) is 2.04. The first-order valence-corrected chi connectivity index (χ1v) is 15.2. The normalized spacial score (nSPS) is 17.0. The van der Waals surface area contributed by atoms with Crippen LogP contribution < -0.4 is 14.5 Å². The minimum absolute atomic E-state index is 0.0572. The first-order chi connectivity index (χ1) is 20.8. The number of nitrogens with zero attached hydrogens (tertiary/aromatic N) is 6. The number of hydrogen-bond donors (Lipinski definition) is 0. The lowest BCUT2D eigenvalue weighted by Crippen LogP contribution is -2.50. The number of carbonyl (C=O) groups is 2. The molecular weight excluding hydrogens is 564 g/mol. The number of amides is 2. The smallest absolute Gasteiger partial charge is 0.420 e. The van der Waals surface area contributed by atoms with Crippen LogP contribution in [0.1, 0.15) is 59.9 Å². The Bertz CT molecular complexity index is 1480. The standard InChI is InChI=1S/C32H44N6O6/c1-31(2,3)43-29(39)35-17-8-9-23(21-35)36-18-15-25-27(36)34-26-14-16-33-38(26)28(25)37(30(40)44-32(4,5)6)22-10-12-24(13-11-22)42-20-19-41-7/h10-14,16,23H,8-9,15,17-21H2,1-7H3/t23-/m0/s1. The van der Waals surface area contributed by atoms with Crippen LogP contribution in [-0.4, -0.2) is 88.9 Å². The largest absolute Gasteiger partial charge is 0.491 e. The van der Waals surface area contributed by atoms with Gasteiger partial charge in [0.25, 0.3) is 0 Å². The van der Waals surface area contributed by atoms with Crippen molar-refractivity contribution in [3.8, 4) is 5.75 Å². The van der Waals surface area contributed by atoms with Crippen LogP contribution in [0.3, 0.4) is 0 Å². The van der Waals surface area contributed by atoms with Gasteiger partial charge in [0, 0.05) is 44.4 Å². The van der Waals surface area contributed by atoms with E-state index >= 15 is 0 Å². The van der Waals surface area contributed by atoms with Crippen LogP contribution in [-0.2, 0) is 20.6 Å². The van der Waals surface area contributed by atoms with E-state index < -0.39 is 17.3 Å². The molecule has 1 aromatic carbocycles. The first kappa shape index (κ1) is 31.4. The van der Waals surface area contributed by atoms with Gasteiger partial charge in [0.15, 0.2) is 11.5 Å². The van der Waals surface area contributed by atoms with E-state index in [0.717, 1.165) is 24.2 Å². The van der Waals surface area contributed by atoms with Crippen molar-refractivity contribution in [1.82, 2.24) is 19.5 Å². The number of methoxy groups -OCH3 is 1. The van der Waals surface area contributed by atoms with Crippen LogP contribution in [0.25, 0.3) is 5.65 Å². The van der Waals surface area contributed by atoms with Crippen molar-refractivity contribution in [2.24, 2.45) is 0 Å². The second-order valence-corrected chi connectivity index (χ2v) is 13.2. The number of carbonyl (C=O) groups excluding carboxylic acids is 2. The molecule has 0 aliphatic carbocycles. The maximum absolute atomic E-state index is 14.0. The third-order valence-electron chi connectivity index (χ3n) is 7.39. The molecule has 0 N–H and O–H groups in total. The van der Waals surface area contributed by atoms with E-state index in [1.807, 2.05) is 71.9 Å². The molecule has 0 saturated carbocycles. The molecule has 5 rings (SSSR count). The molecule has 2 aliphatic rings. The molecule has 0 unspecified atom stereocenters. The molecule has 4 heterocycles. The van der Waals surface area contributed by atoms with E-state index in [0.29, 0.717) is 62.2 Å². The van der Waals surface area contributed by atoms with Gasteiger partial charge in [-0.25, -0.2) is 19.5 Å². The fourth-order valence-electron chi connectivity index (χ4n) is 5.59. The second-order valence-electron chi connectivity index (χ2n) is 13.2.